The molecule has 2 heterocycles. The Labute approximate surface area is 360 Å². The summed E-state index contributed by atoms with van der Waals surface area (Å²) < 4.78 is 0. The van der Waals surface area contributed by atoms with Crippen LogP contribution in [0.3, 0.4) is 0 Å². The number of rotatable bonds is 8. The van der Waals surface area contributed by atoms with Gasteiger partial charge in [0.1, 0.15) is 0 Å². The van der Waals surface area contributed by atoms with Crippen LogP contribution in [0.15, 0.2) is 231 Å². The van der Waals surface area contributed by atoms with Crippen LogP contribution in [0, 0.1) is 0 Å². The van der Waals surface area contributed by atoms with Gasteiger partial charge in [0.15, 0.2) is 17.5 Å². The molecule has 290 valence electrons. The van der Waals surface area contributed by atoms with Crippen molar-refractivity contribution in [1.29, 1.82) is 0 Å². The van der Waals surface area contributed by atoms with Crippen molar-refractivity contribution < 1.29 is 0 Å². The van der Waals surface area contributed by atoms with Crippen molar-refractivity contribution in [3.05, 3.63) is 231 Å². The summed E-state index contributed by atoms with van der Waals surface area (Å²) >= 11 is 0. The zero-order chi connectivity index (χ0) is 41.2. The molecule has 4 nitrogen and oxygen atoms in total. The molecule has 2 aromatic heterocycles. The van der Waals surface area contributed by atoms with Gasteiger partial charge in [0.2, 0.25) is 0 Å². The number of aromatic nitrogens is 4. The van der Waals surface area contributed by atoms with Gasteiger partial charge in [-0.15, -0.1) is 0 Å². The number of fused-ring (bicyclic) bond motifs is 3. The second kappa shape index (κ2) is 16.0. The number of hydrogen-bond donors (Lipinski definition) is 0. The zero-order valence-electron chi connectivity index (χ0n) is 33.7. The van der Waals surface area contributed by atoms with Crippen LogP contribution in [-0.2, 0) is 0 Å². The second-order valence-electron chi connectivity index (χ2n) is 15.4. The first-order chi connectivity index (χ1) is 30.7. The Kier molecular flexibility index (Phi) is 9.49. The predicted molar refractivity (Wildman–Crippen MR) is 256 cm³/mol. The van der Waals surface area contributed by atoms with Gasteiger partial charge >= 0.3 is 0 Å². The lowest BCUT2D eigenvalue weighted by molar-refractivity contribution is 1.07. The van der Waals surface area contributed by atoms with E-state index >= 15 is 0 Å². The molecule has 9 aromatic carbocycles. The molecular weight excluding hydrogens is 753 g/mol. The van der Waals surface area contributed by atoms with Crippen molar-refractivity contribution in [1.82, 2.24) is 19.9 Å². The van der Waals surface area contributed by atoms with Crippen molar-refractivity contribution >= 4 is 21.7 Å². The Bertz CT molecular complexity index is 3280. The average Bonchev–Trinajstić information content (AvgIpc) is 3.36. The van der Waals surface area contributed by atoms with E-state index in [0.717, 1.165) is 77.6 Å². The molecule has 0 aliphatic rings. The van der Waals surface area contributed by atoms with Crippen LogP contribution in [0.2, 0.25) is 0 Å². The van der Waals surface area contributed by atoms with E-state index < -0.39 is 0 Å². The first-order valence-electron chi connectivity index (χ1n) is 20.9. The fourth-order valence-corrected chi connectivity index (χ4v) is 8.51. The van der Waals surface area contributed by atoms with E-state index in [-0.39, 0.29) is 0 Å². The maximum Gasteiger partial charge on any atom is 0.164 e. The van der Waals surface area contributed by atoms with Crippen LogP contribution in [0.1, 0.15) is 0 Å². The van der Waals surface area contributed by atoms with Crippen LogP contribution in [-0.4, -0.2) is 19.9 Å². The van der Waals surface area contributed by atoms with E-state index in [9.17, 15) is 0 Å². The minimum atomic E-state index is 0.595. The smallest absolute Gasteiger partial charge is 0.164 e. The lowest BCUT2D eigenvalue weighted by Gasteiger charge is -2.16. The van der Waals surface area contributed by atoms with Gasteiger partial charge in [-0.05, 0) is 57.1 Å². The Morgan fingerprint density at radius 3 is 1.11 bits per heavy atom. The number of hydrogen-bond acceptors (Lipinski definition) is 4. The second-order valence-corrected chi connectivity index (χ2v) is 15.4. The van der Waals surface area contributed by atoms with Crippen molar-refractivity contribution in [3.63, 3.8) is 0 Å². The highest BCUT2D eigenvalue weighted by Gasteiger charge is 2.19. The van der Waals surface area contributed by atoms with Crippen LogP contribution >= 0.6 is 0 Å². The standard InChI is InChI=1S/C58H38N4/c1-5-18-39(19-6-1)43-26-13-29-46(36-43)56-60-57(47-30-14-27-44(37-47)40-20-7-2-8-21-40)62-58(61-56)48-31-15-28-45(38-48)50-33-17-35-52-53-49(41-22-9-3-10-23-41)32-16-34-51(53)54(59-55(50)52)42-24-11-4-12-25-42/h1-38H. The summed E-state index contributed by atoms with van der Waals surface area (Å²) in [5.74, 6) is 1.81. The Morgan fingerprint density at radius 1 is 0.226 bits per heavy atom. The maximum absolute atomic E-state index is 5.52. The topological polar surface area (TPSA) is 51.6 Å². The molecule has 0 aliphatic heterocycles. The molecule has 11 rings (SSSR count). The molecule has 0 fully saturated rings. The Balaban J connectivity index is 1.10. The van der Waals surface area contributed by atoms with Crippen molar-refractivity contribution in [2.75, 3.05) is 0 Å². The summed E-state index contributed by atoms with van der Waals surface area (Å²) in [6, 6.07) is 80.5. The molecule has 0 saturated heterocycles. The number of para-hydroxylation sites is 1. The van der Waals surface area contributed by atoms with Crippen LogP contribution in [0.25, 0.3) is 112 Å². The first-order valence-corrected chi connectivity index (χ1v) is 20.9. The van der Waals surface area contributed by atoms with E-state index in [0.29, 0.717) is 17.5 Å². The molecule has 0 spiro atoms. The molecule has 0 amide bonds. The van der Waals surface area contributed by atoms with Gasteiger partial charge in [-0.2, -0.15) is 0 Å². The summed E-state index contributed by atoms with van der Waals surface area (Å²) in [5.41, 5.74) is 14.6. The van der Waals surface area contributed by atoms with E-state index in [1.807, 2.05) is 12.1 Å². The van der Waals surface area contributed by atoms with E-state index in [2.05, 4.69) is 218 Å². The van der Waals surface area contributed by atoms with E-state index in [4.69, 9.17) is 19.9 Å². The fourth-order valence-electron chi connectivity index (χ4n) is 8.51. The van der Waals surface area contributed by atoms with Gasteiger partial charge < -0.3 is 0 Å². The minimum Gasteiger partial charge on any atom is -0.246 e. The molecule has 4 heteroatoms. The molecule has 0 bridgehead atoms. The molecular formula is C58H38N4. The molecule has 62 heavy (non-hydrogen) atoms. The first kappa shape index (κ1) is 36.7. The number of pyridine rings is 1. The normalized spacial score (nSPS) is 11.2. The van der Waals surface area contributed by atoms with Crippen molar-refractivity contribution in [2.45, 2.75) is 0 Å². The molecule has 0 unspecified atom stereocenters. The summed E-state index contributed by atoms with van der Waals surface area (Å²) in [5, 5.41) is 3.40. The fraction of sp³-hybridized carbons (Fsp3) is 0. The van der Waals surface area contributed by atoms with Crippen molar-refractivity contribution in [3.8, 4) is 89.9 Å². The molecule has 0 N–H and O–H groups in total. The van der Waals surface area contributed by atoms with Crippen LogP contribution < -0.4 is 0 Å². The minimum absolute atomic E-state index is 0.595. The SMILES string of the molecule is c1ccc(-c2cccc(-c3nc(-c4cccc(-c5ccccc5)c4)nc(-c4cccc(-c5cccc6c5nc(-c5ccccc5)c5cccc(-c7ccccc7)c56)c4)n3)c2)cc1. The molecule has 0 atom stereocenters. The highest BCUT2D eigenvalue weighted by molar-refractivity contribution is 6.19. The Hall–Kier alpha value is -8.34. The van der Waals surface area contributed by atoms with Gasteiger partial charge in [-0.25, -0.2) is 19.9 Å². The maximum atomic E-state index is 5.52. The third-order valence-corrected chi connectivity index (χ3v) is 11.5. The van der Waals surface area contributed by atoms with Gasteiger partial charge in [0, 0.05) is 44.0 Å². The third kappa shape index (κ3) is 7.00. The molecule has 0 radical (unpaired) electrons. The number of benzene rings is 9. The highest BCUT2D eigenvalue weighted by Crippen LogP contribution is 2.42. The van der Waals surface area contributed by atoms with E-state index in [1.165, 1.54) is 16.5 Å². The summed E-state index contributed by atoms with van der Waals surface area (Å²) in [6.45, 7) is 0. The van der Waals surface area contributed by atoms with Gasteiger partial charge in [-0.1, -0.05) is 212 Å². The summed E-state index contributed by atoms with van der Waals surface area (Å²) in [4.78, 5) is 21.1. The summed E-state index contributed by atoms with van der Waals surface area (Å²) in [6.07, 6.45) is 0. The van der Waals surface area contributed by atoms with Gasteiger partial charge in [0.05, 0.1) is 11.2 Å². The van der Waals surface area contributed by atoms with E-state index in [1.54, 1.807) is 0 Å². The van der Waals surface area contributed by atoms with Gasteiger partial charge in [-0.3, -0.25) is 0 Å². The largest absolute Gasteiger partial charge is 0.246 e. The quantitative estimate of drug-likeness (QED) is 0.144. The third-order valence-electron chi connectivity index (χ3n) is 11.5. The van der Waals surface area contributed by atoms with Crippen LogP contribution in [0.4, 0.5) is 0 Å². The van der Waals surface area contributed by atoms with Gasteiger partial charge in [0.25, 0.3) is 0 Å². The molecule has 11 aromatic rings. The molecule has 0 aliphatic carbocycles. The lowest BCUT2D eigenvalue weighted by atomic mass is 9.91. The van der Waals surface area contributed by atoms with Crippen molar-refractivity contribution in [2.24, 2.45) is 0 Å². The lowest BCUT2D eigenvalue weighted by Crippen LogP contribution is -2.00. The highest BCUT2D eigenvalue weighted by atomic mass is 15.0. The number of nitrogens with zero attached hydrogens (tertiary/aromatic N) is 4. The van der Waals surface area contributed by atoms with Crippen LogP contribution in [0.5, 0.6) is 0 Å². The Morgan fingerprint density at radius 2 is 0.597 bits per heavy atom. The monoisotopic (exact) mass is 790 g/mol. The average molecular weight is 791 g/mol. The zero-order valence-corrected chi connectivity index (χ0v) is 33.7. The summed E-state index contributed by atoms with van der Waals surface area (Å²) in [7, 11) is 0. The molecule has 0 saturated carbocycles. The predicted octanol–water partition coefficient (Wildman–Crippen LogP) is 14.9.